The normalized spacial score (nSPS) is 16.3. The lowest BCUT2D eigenvalue weighted by Crippen LogP contribution is -2.46. The van der Waals surface area contributed by atoms with Gasteiger partial charge >= 0.3 is 6.18 Å². The van der Waals surface area contributed by atoms with E-state index in [0.717, 1.165) is 82.3 Å². The number of aliphatic imine (C=N–C) groups is 1. The molecule has 0 aliphatic carbocycles. The van der Waals surface area contributed by atoms with Crippen LogP contribution in [0.5, 0.6) is 0 Å². The van der Waals surface area contributed by atoms with Crippen LogP contribution in [0.3, 0.4) is 0 Å². The standard InChI is InChI=1S/C21H34F3N5.HI/c1-4-28-13-15-29(16-14-28)12-6-5-11-26-20(25-2)27(3)17-18-7-9-19(10-8-18)21(22,23)24;/h7-10H,4-6,11-17H2,1-3H3,(H,25,26);1H. The van der Waals surface area contributed by atoms with E-state index < -0.39 is 11.7 Å². The number of benzene rings is 1. The minimum Gasteiger partial charge on any atom is -0.356 e. The Hall–Kier alpha value is -1.07. The highest BCUT2D eigenvalue weighted by atomic mass is 127. The van der Waals surface area contributed by atoms with Gasteiger partial charge in [-0.25, -0.2) is 0 Å². The summed E-state index contributed by atoms with van der Waals surface area (Å²) in [6.45, 7) is 10.4. The lowest BCUT2D eigenvalue weighted by Gasteiger charge is -2.34. The predicted octanol–water partition coefficient (Wildman–Crippen LogP) is 3.75. The summed E-state index contributed by atoms with van der Waals surface area (Å²) in [6, 6.07) is 5.29. The fourth-order valence-electron chi connectivity index (χ4n) is 3.52. The van der Waals surface area contributed by atoms with Crippen molar-refractivity contribution in [3.8, 4) is 0 Å². The number of guanidine groups is 1. The van der Waals surface area contributed by atoms with Crippen LogP contribution in [0.25, 0.3) is 0 Å². The maximum Gasteiger partial charge on any atom is 0.416 e. The van der Waals surface area contributed by atoms with Gasteiger partial charge in [-0.3, -0.25) is 4.99 Å². The number of likely N-dealkylation sites (N-methyl/N-ethyl adjacent to an activating group) is 1. The van der Waals surface area contributed by atoms with Gasteiger partial charge in [-0.05, 0) is 43.6 Å². The zero-order valence-corrected chi connectivity index (χ0v) is 20.5. The van der Waals surface area contributed by atoms with Crippen molar-refractivity contribution in [3.63, 3.8) is 0 Å². The molecule has 5 nitrogen and oxygen atoms in total. The van der Waals surface area contributed by atoms with E-state index in [2.05, 4.69) is 27.0 Å². The van der Waals surface area contributed by atoms with Crippen LogP contribution in [0.15, 0.2) is 29.3 Å². The van der Waals surface area contributed by atoms with Crippen molar-refractivity contribution in [1.29, 1.82) is 0 Å². The molecule has 1 fully saturated rings. The molecule has 1 aromatic rings. The summed E-state index contributed by atoms with van der Waals surface area (Å²) in [5, 5.41) is 3.35. The summed E-state index contributed by atoms with van der Waals surface area (Å²) >= 11 is 0. The molecule has 1 heterocycles. The second-order valence-corrected chi connectivity index (χ2v) is 7.51. The van der Waals surface area contributed by atoms with Gasteiger partial charge in [0, 0.05) is 53.4 Å². The Labute approximate surface area is 195 Å². The molecule has 0 amide bonds. The molecule has 0 bridgehead atoms. The molecular weight excluding hydrogens is 506 g/mol. The molecule has 2 rings (SSSR count). The average molecular weight is 541 g/mol. The average Bonchev–Trinajstić information content (AvgIpc) is 2.70. The number of alkyl halides is 3. The Balaban J connectivity index is 0.00000450. The van der Waals surface area contributed by atoms with Crippen molar-refractivity contribution >= 4 is 29.9 Å². The summed E-state index contributed by atoms with van der Waals surface area (Å²) in [6.07, 6.45) is -2.11. The summed E-state index contributed by atoms with van der Waals surface area (Å²) in [5.41, 5.74) is 0.192. The molecular formula is C21H35F3IN5. The minimum atomic E-state index is -4.30. The Morgan fingerprint density at radius 1 is 1.07 bits per heavy atom. The molecule has 0 aromatic heterocycles. The molecule has 0 unspecified atom stereocenters. The largest absolute Gasteiger partial charge is 0.416 e. The monoisotopic (exact) mass is 541 g/mol. The fraction of sp³-hybridized carbons (Fsp3) is 0.667. The third kappa shape index (κ3) is 8.97. The summed E-state index contributed by atoms with van der Waals surface area (Å²) < 4.78 is 38.0. The van der Waals surface area contributed by atoms with Crippen molar-refractivity contribution in [2.45, 2.75) is 32.5 Å². The zero-order chi connectivity index (χ0) is 21.3. The van der Waals surface area contributed by atoms with Crippen LogP contribution in [0.4, 0.5) is 13.2 Å². The summed E-state index contributed by atoms with van der Waals surface area (Å²) in [5.74, 6) is 0.751. The Morgan fingerprint density at radius 2 is 1.67 bits per heavy atom. The third-order valence-electron chi connectivity index (χ3n) is 5.37. The SMILES string of the molecule is CCN1CCN(CCCCNC(=NC)N(C)Cc2ccc(C(F)(F)F)cc2)CC1.I. The zero-order valence-electron chi connectivity index (χ0n) is 18.2. The van der Waals surface area contributed by atoms with Crippen LogP contribution < -0.4 is 5.32 Å². The minimum absolute atomic E-state index is 0. The highest BCUT2D eigenvalue weighted by Crippen LogP contribution is 2.29. The van der Waals surface area contributed by atoms with E-state index >= 15 is 0 Å². The highest BCUT2D eigenvalue weighted by Gasteiger charge is 2.29. The highest BCUT2D eigenvalue weighted by molar-refractivity contribution is 14.0. The number of nitrogens with zero attached hydrogens (tertiary/aromatic N) is 4. The van der Waals surface area contributed by atoms with Crippen LogP contribution in [0, 0.1) is 0 Å². The molecule has 30 heavy (non-hydrogen) atoms. The Bertz CT molecular complexity index is 629. The van der Waals surface area contributed by atoms with E-state index in [1.54, 1.807) is 7.05 Å². The molecule has 1 N–H and O–H groups in total. The van der Waals surface area contributed by atoms with Gasteiger partial charge in [-0.15, -0.1) is 24.0 Å². The third-order valence-corrected chi connectivity index (χ3v) is 5.37. The smallest absolute Gasteiger partial charge is 0.356 e. The van der Waals surface area contributed by atoms with Crippen LogP contribution in [0.2, 0.25) is 0 Å². The van der Waals surface area contributed by atoms with Gasteiger partial charge in [0.15, 0.2) is 5.96 Å². The molecule has 172 valence electrons. The lowest BCUT2D eigenvalue weighted by atomic mass is 10.1. The van der Waals surface area contributed by atoms with Crippen molar-refractivity contribution in [3.05, 3.63) is 35.4 Å². The number of hydrogen-bond donors (Lipinski definition) is 1. The molecule has 0 saturated carbocycles. The van der Waals surface area contributed by atoms with E-state index in [0.29, 0.717) is 6.54 Å². The van der Waals surface area contributed by atoms with Crippen LogP contribution >= 0.6 is 24.0 Å². The molecule has 1 aliphatic rings. The number of halogens is 4. The topological polar surface area (TPSA) is 34.1 Å². The quantitative estimate of drug-likeness (QED) is 0.236. The number of unbranched alkanes of at least 4 members (excludes halogenated alkanes) is 1. The Morgan fingerprint density at radius 3 is 2.20 bits per heavy atom. The van der Waals surface area contributed by atoms with Crippen molar-refractivity contribution < 1.29 is 13.2 Å². The van der Waals surface area contributed by atoms with E-state index in [1.165, 1.54) is 12.1 Å². The van der Waals surface area contributed by atoms with Crippen molar-refractivity contribution in [1.82, 2.24) is 20.0 Å². The summed E-state index contributed by atoms with van der Waals surface area (Å²) in [7, 11) is 3.61. The molecule has 0 atom stereocenters. The number of piperazine rings is 1. The number of hydrogen-bond acceptors (Lipinski definition) is 3. The van der Waals surface area contributed by atoms with Gasteiger partial charge in [0.1, 0.15) is 0 Å². The van der Waals surface area contributed by atoms with Gasteiger partial charge in [0.25, 0.3) is 0 Å². The fourth-order valence-corrected chi connectivity index (χ4v) is 3.52. The van der Waals surface area contributed by atoms with Gasteiger partial charge in [-0.1, -0.05) is 19.1 Å². The van der Waals surface area contributed by atoms with Gasteiger partial charge in [0.05, 0.1) is 5.56 Å². The first-order valence-corrected chi connectivity index (χ1v) is 10.4. The predicted molar refractivity (Wildman–Crippen MR) is 127 cm³/mol. The number of rotatable bonds is 8. The van der Waals surface area contributed by atoms with E-state index in [-0.39, 0.29) is 24.0 Å². The van der Waals surface area contributed by atoms with Crippen molar-refractivity contribution in [2.75, 3.05) is 59.9 Å². The Kier molecular flexibility index (Phi) is 12.0. The van der Waals surface area contributed by atoms with Gasteiger partial charge in [0.2, 0.25) is 0 Å². The van der Waals surface area contributed by atoms with E-state index in [4.69, 9.17) is 0 Å². The van der Waals surface area contributed by atoms with Crippen molar-refractivity contribution in [2.24, 2.45) is 4.99 Å². The second-order valence-electron chi connectivity index (χ2n) is 7.51. The first-order chi connectivity index (χ1) is 13.8. The molecule has 0 radical (unpaired) electrons. The molecule has 0 spiro atoms. The van der Waals surface area contributed by atoms with E-state index in [1.807, 2.05) is 11.9 Å². The maximum atomic E-state index is 12.7. The van der Waals surface area contributed by atoms with Gasteiger partial charge < -0.3 is 20.0 Å². The molecule has 1 aromatic carbocycles. The molecule has 1 saturated heterocycles. The van der Waals surface area contributed by atoms with E-state index in [9.17, 15) is 13.2 Å². The lowest BCUT2D eigenvalue weighted by molar-refractivity contribution is -0.137. The second kappa shape index (κ2) is 13.4. The summed E-state index contributed by atoms with van der Waals surface area (Å²) in [4.78, 5) is 11.2. The van der Waals surface area contributed by atoms with Crippen LogP contribution in [-0.2, 0) is 12.7 Å². The first-order valence-electron chi connectivity index (χ1n) is 10.4. The van der Waals surface area contributed by atoms with Crippen LogP contribution in [-0.4, -0.2) is 80.6 Å². The number of nitrogens with one attached hydrogen (secondary N) is 1. The molecule has 1 aliphatic heterocycles. The first kappa shape index (κ1) is 27.0. The maximum absolute atomic E-state index is 12.7. The van der Waals surface area contributed by atoms with Gasteiger partial charge in [-0.2, -0.15) is 13.2 Å². The van der Waals surface area contributed by atoms with Crippen LogP contribution in [0.1, 0.15) is 30.9 Å². The molecule has 9 heteroatoms.